The van der Waals surface area contributed by atoms with Crippen molar-refractivity contribution in [1.82, 2.24) is 20.4 Å². The molecule has 3 amide bonds. The molecule has 1 unspecified atom stereocenters. The molecule has 0 radical (unpaired) electrons. The fourth-order valence-corrected chi connectivity index (χ4v) is 3.26. The molecule has 3 rings (SSSR count). The first-order valence-electron chi connectivity index (χ1n) is 8.84. The summed E-state index contributed by atoms with van der Waals surface area (Å²) in [6, 6.07) is 7.40. The van der Waals surface area contributed by atoms with Gasteiger partial charge in [0, 0.05) is 36.6 Å². The van der Waals surface area contributed by atoms with Gasteiger partial charge in [0.25, 0.3) is 5.91 Å². The van der Waals surface area contributed by atoms with Gasteiger partial charge in [0.1, 0.15) is 0 Å². The molecule has 1 aromatic carbocycles. The number of carbonyl (C=O) groups excluding carboxylic acids is 2. The van der Waals surface area contributed by atoms with Crippen molar-refractivity contribution in [2.24, 2.45) is 0 Å². The average molecular weight is 355 g/mol. The molecule has 0 saturated carbocycles. The standard InChI is InChI=1S/C19H25N5O2/c1-12-5-6-16(10-17(12)23-8-7-20-19(23)26)18(25)21-11-15(4)24-14(3)9-13(2)22-24/h5-6,9-10,15H,7-8,11H2,1-4H3,(H,20,26)(H,21,25). The van der Waals surface area contributed by atoms with E-state index in [2.05, 4.69) is 15.7 Å². The highest BCUT2D eigenvalue weighted by molar-refractivity contribution is 5.99. The number of aryl methyl sites for hydroxylation is 3. The van der Waals surface area contributed by atoms with Gasteiger partial charge in [0.15, 0.2) is 0 Å². The largest absolute Gasteiger partial charge is 0.350 e. The summed E-state index contributed by atoms with van der Waals surface area (Å²) in [6.07, 6.45) is 0. The molecule has 0 bridgehead atoms. The van der Waals surface area contributed by atoms with Crippen LogP contribution in [0.4, 0.5) is 10.5 Å². The van der Waals surface area contributed by atoms with Crippen LogP contribution in [0.2, 0.25) is 0 Å². The van der Waals surface area contributed by atoms with Crippen molar-refractivity contribution in [2.45, 2.75) is 33.7 Å². The number of amides is 3. The number of hydrogen-bond acceptors (Lipinski definition) is 3. The Bertz CT molecular complexity index is 842. The lowest BCUT2D eigenvalue weighted by Gasteiger charge is -2.19. The lowest BCUT2D eigenvalue weighted by atomic mass is 10.1. The summed E-state index contributed by atoms with van der Waals surface area (Å²) < 4.78 is 1.92. The van der Waals surface area contributed by atoms with E-state index in [1.807, 2.05) is 44.5 Å². The van der Waals surface area contributed by atoms with E-state index in [-0.39, 0.29) is 18.0 Å². The molecule has 7 nitrogen and oxygen atoms in total. The topological polar surface area (TPSA) is 79.3 Å². The minimum Gasteiger partial charge on any atom is -0.350 e. The van der Waals surface area contributed by atoms with Crippen molar-refractivity contribution >= 4 is 17.6 Å². The third-order valence-corrected chi connectivity index (χ3v) is 4.64. The van der Waals surface area contributed by atoms with Gasteiger partial charge in [-0.05, 0) is 51.5 Å². The van der Waals surface area contributed by atoms with E-state index in [1.165, 1.54) is 0 Å². The van der Waals surface area contributed by atoms with Crippen LogP contribution in [0.3, 0.4) is 0 Å². The zero-order chi connectivity index (χ0) is 18.8. The van der Waals surface area contributed by atoms with Crippen LogP contribution in [0.1, 0.15) is 40.3 Å². The smallest absolute Gasteiger partial charge is 0.322 e. The normalized spacial score (nSPS) is 15.1. The fourth-order valence-electron chi connectivity index (χ4n) is 3.26. The quantitative estimate of drug-likeness (QED) is 0.864. The van der Waals surface area contributed by atoms with Crippen LogP contribution in [0.5, 0.6) is 0 Å². The third-order valence-electron chi connectivity index (χ3n) is 4.64. The molecular formula is C19H25N5O2. The number of carbonyl (C=O) groups is 2. The first-order chi connectivity index (χ1) is 12.4. The molecule has 26 heavy (non-hydrogen) atoms. The summed E-state index contributed by atoms with van der Waals surface area (Å²) in [5.41, 5.74) is 4.33. The first-order valence-corrected chi connectivity index (χ1v) is 8.84. The number of nitrogens with zero attached hydrogens (tertiary/aromatic N) is 3. The summed E-state index contributed by atoms with van der Waals surface area (Å²) in [5.74, 6) is -0.153. The Morgan fingerprint density at radius 3 is 2.69 bits per heavy atom. The van der Waals surface area contributed by atoms with Gasteiger partial charge >= 0.3 is 6.03 Å². The van der Waals surface area contributed by atoms with Crippen molar-refractivity contribution in [2.75, 3.05) is 24.5 Å². The zero-order valence-electron chi connectivity index (χ0n) is 15.7. The molecule has 2 heterocycles. The van der Waals surface area contributed by atoms with Gasteiger partial charge in [-0.15, -0.1) is 0 Å². The van der Waals surface area contributed by atoms with E-state index in [0.29, 0.717) is 25.2 Å². The van der Waals surface area contributed by atoms with E-state index in [1.54, 1.807) is 17.0 Å². The number of hydrogen-bond donors (Lipinski definition) is 2. The summed E-state index contributed by atoms with van der Waals surface area (Å²) in [5, 5.41) is 10.2. The Morgan fingerprint density at radius 1 is 1.31 bits per heavy atom. The predicted octanol–water partition coefficient (Wildman–Crippen LogP) is 2.33. The van der Waals surface area contributed by atoms with E-state index < -0.39 is 0 Å². The van der Waals surface area contributed by atoms with Crippen molar-refractivity contribution in [3.05, 3.63) is 46.8 Å². The molecule has 1 fully saturated rings. The molecule has 138 valence electrons. The van der Waals surface area contributed by atoms with Gasteiger partial charge < -0.3 is 10.6 Å². The monoisotopic (exact) mass is 355 g/mol. The van der Waals surface area contributed by atoms with E-state index >= 15 is 0 Å². The van der Waals surface area contributed by atoms with Crippen LogP contribution < -0.4 is 15.5 Å². The molecule has 1 saturated heterocycles. The molecule has 2 aromatic rings. The SMILES string of the molecule is Cc1cc(C)n(C(C)CNC(=O)c2ccc(C)c(N3CCNC3=O)c2)n1. The van der Waals surface area contributed by atoms with Gasteiger partial charge in [-0.25, -0.2) is 4.79 Å². The Morgan fingerprint density at radius 2 is 2.08 bits per heavy atom. The molecule has 1 aliphatic rings. The van der Waals surface area contributed by atoms with Crippen molar-refractivity contribution in [3.8, 4) is 0 Å². The van der Waals surface area contributed by atoms with Gasteiger partial charge in [-0.3, -0.25) is 14.4 Å². The highest BCUT2D eigenvalue weighted by atomic mass is 16.2. The number of aromatic nitrogens is 2. The van der Waals surface area contributed by atoms with Crippen LogP contribution in [-0.4, -0.2) is 41.4 Å². The van der Waals surface area contributed by atoms with Crippen molar-refractivity contribution < 1.29 is 9.59 Å². The summed E-state index contributed by atoms with van der Waals surface area (Å²) in [4.78, 5) is 26.2. The Labute approximate surface area is 153 Å². The summed E-state index contributed by atoms with van der Waals surface area (Å²) >= 11 is 0. The predicted molar refractivity (Wildman–Crippen MR) is 101 cm³/mol. The minimum atomic E-state index is -0.153. The second kappa shape index (κ2) is 7.19. The van der Waals surface area contributed by atoms with Crippen LogP contribution in [0.25, 0.3) is 0 Å². The average Bonchev–Trinajstić information content (AvgIpc) is 3.17. The lowest BCUT2D eigenvalue weighted by molar-refractivity contribution is 0.0947. The lowest BCUT2D eigenvalue weighted by Crippen LogP contribution is -2.31. The fraction of sp³-hybridized carbons (Fsp3) is 0.421. The van der Waals surface area contributed by atoms with Crippen molar-refractivity contribution in [3.63, 3.8) is 0 Å². The zero-order valence-corrected chi connectivity index (χ0v) is 15.7. The van der Waals surface area contributed by atoms with Crippen LogP contribution in [-0.2, 0) is 0 Å². The molecule has 1 aromatic heterocycles. The Balaban J connectivity index is 1.70. The van der Waals surface area contributed by atoms with Gasteiger partial charge in [0.2, 0.25) is 0 Å². The minimum absolute atomic E-state index is 0.0573. The number of nitrogens with one attached hydrogen (secondary N) is 2. The van der Waals surface area contributed by atoms with E-state index in [0.717, 1.165) is 22.6 Å². The van der Waals surface area contributed by atoms with Crippen LogP contribution in [0.15, 0.2) is 24.3 Å². The number of benzene rings is 1. The molecule has 2 N–H and O–H groups in total. The maximum absolute atomic E-state index is 12.6. The number of urea groups is 1. The van der Waals surface area contributed by atoms with E-state index in [9.17, 15) is 9.59 Å². The number of rotatable bonds is 5. The summed E-state index contributed by atoms with van der Waals surface area (Å²) in [6.45, 7) is 9.63. The Kier molecular flexibility index (Phi) is 4.97. The highest BCUT2D eigenvalue weighted by Crippen LogP contribution is 2.23. The van der Waals surface area contributed by atoms with Crippen LogP contribution >= 0.6 is 0 Å². The van der Waals surface area contributed by atoms with Gasteiger partial charge in [-0.2, -0.15) is 5.10 Å². The molecule has 1 aliphatic heterocycles. The third kappa shape index (κ3) is 3.56. The molecule has 0 spiro atoms. The maximum atomic E-state index is 12.6. The highest BCUT2D eigenvalue weighted by Gasteiger charge is 2.23. The van der Waals surface area contributed by atoms with Crippen molar-refractivity contribution in [1.29, 1.82) is 0 Å². The second-order valence-corrected chi connectivity index (χ2v) is 6.82. The summed E-state index contributed by atoms with van der Waals surface area (Å²) in [7, 11) is 0. The molecule has 7 heteroatoms. The molecule has 1 atom stereocenters. The van der Waals surface area contributed by atoms with Gasteiger partial charge in [0.05, 0.1) is 11.7 Å². The molecule has 0 aliphatic carbocycles. The second-order valence-electron chi connectivity index (χ2n) is 6.82. The van der Waals surface area contributed by atoms with Gasteiger partial charge in [-0.1, -0.05) is 6.07 Å². The maximum Gasteiger partial charge on any atom is 0.322 e. The Hall–Kier alpha value is -2.83. The molecular weight excluding hydrogens is 330 g/mol. The van der Waals surface area contributed by atoms with E-state index in [4.69, 9.17) is 0 Å². The van der Waals surface area contributed by atoms with Crippen LogP contribution in [0, 0.1) is 20.8 Å². The first kappa shape index (κ1) is 18.0. The number of anilines is 1.